The highest BCUT2D eigenvalue weighted by molar-refractivity contribution is 7.86. The molecule has 1 saturated carbocycles. The molecular formula is C57H48NOPS. The number of fused-ring (bicyclic) bond motifs is 5. The predicted molar refractivity (Wildman–Crippen MR) is 261 cm³/mol. The van der Waals surface area contributed by atoms with Crippen molar-refractivity contribution < 1.29 is 4.57 Å². The molecule has 0 atom stereocenters. The van der Waals surface area contributed by atoms with Gasteiger partial charge in [-0.05, 0) is 88.7 Å². The van der Waals surface area contributed by atoms with Crippen LogP contribution in [-0.2, 0) is 15.4 Å². The van der Waals surface area contributed by atoms with E-state index in [9.17, 15) is 0 Å². The third-order valence-corrected chi connectivity index (χ3v) is 18.3. The highest BCUT2D eigenvalue weighted by Gasteiger charge is 2.39. The van der Waals surface area contributed by atoms with Crippen molar-refractivity contribution in [3.63, 3.8) is 0 Å². The van der Waals surface area contributed by atoms with Crippen LogP contribution in [0.3, 0.4) is 0 Å². The summed E-state index contributed by atoms with van der Waals surface area (Å²) < 4.78 is 18.3. The SMILES string of the molecule is CC1(C)c2ccccc2N(c2ccc(C3(c4ccc(-c5cc(P(=O)(c6ccccc6)c6ccccc6)c6sc7ccccc7c6c5)cc4)CCCCC3)cc2)c2ccccc21. The molecule has 2 nitrogen and oxygen atoms in total. The molecule has 1 fully saturated rings. The normalized spacial score (nSPS) is 15.7. The van der Waals surface area contributed by atoms with Gasteiger partial charge in [-0.2, -0.15) is 0 Å². The Hall–Kier alpha value is -5.99. The van der Waals surface area contributed by atoms with Crippen LogP contribution in [-0.4, -0.2) is 0 Å². The van der Waals surface area contributed by atoms with Gasteiger partial charge in [0.25, 0.3) is 0 Å². The molecule has 0 bridgehead atoms. The van der Waals surface area contributed by atoms with E-state index < -0.39 is 7.14 Å². The molecule has 61 heavy (non-hydrogen) atoms. The number of nitrogens with zero attached hydrogens (tertiary/aromatic N) is 1. The maximum atomic E-state index is 16.0. The summed E-state index contributed by atoms with van der Waals surface area (Å²) in [5, 5.41) is 5.00. The maximum absolute atomic E-state index is 16.0. The lowest BCUT2D eigenvalue weighted by molar-refractivity contribution is 0.346. The minimum absolute atomic E-state index is 0.0655. The summed E-state index contributed by atoms with van der Waals surface area (Å²) >= 11 is 1.75. The zero-order valence-electron chi connectivity index (χ0n) is 34.7. The number of para-hydroxylation sites is 2. The van der Waals surface area contributed by atoms with Gasteiger partial charge >= 0.3 is 0 Å². The Morgan fingerprint density at radius 3 is 1.64 bits per heavy atom. The zero-order valence-corrected chi connectivity index (χ0v) is 36.4. The Kier molecular flexibility index (Phi) is 9.26. The molecule has 1 aliphatic heterocycles. The number of hydrogen-bond acceptors (Lipinski definition) is 3. The smallest absolute Gasteiger partial charge is 0.172 e. The minimum atomic E-state index is -3.26. The number of anilines is 3. The van der Waals surface area contributed by atoms with Gasteiger partial charge in [-0.1, -0.05) is 185 Å². The van der Waals surface area contributed by atoms with Crippen LogP contribution in [0.15, 0.2) is 194 Å². The molecule has 298 valence electrons. The van der Waals surface area contributed by atoms with E-state index in [2.05, 4.69) is 152 Å². The van der Waals surface area contributed by atoms with Crippen LogP contribution < -0.4 is 20.8 Å². The summed E-state index contributed by atoms with van der Waals surface area (Å²) in [5.41, 5.74) is 11.2. The maximum Gasteiger partial charge on any atom is 0.172 e. The summed E-state index contributed by atoms with van der Waals surface area (Å²) in [6, 6.07) is 70.1. The molecule has 2 heterocycles. The fourth-order valence-corrected chi connectivity index (χ4v) is 15.1. The first-order chi connectivity index (χ1) is 29.9. The Labute approximate surface area is 363 Å². The van der Waals surface area contributed by atoms with Crippen LogP contribution in [0.1, 0.15) is 68.2 Å². The Balaban J connectivity index is 1.01. The Bertz CT molecular complexity index is 3010. The van der Waals surface area contributed by atoms with Crippen molar-refractivity contribution in [1.82, 2.24) is 0 Å². The number of hydrogen-bond donors (Lipinski definition) is 0. The van der Waals surface area contributed by atoms with Crippen molar-refractivity contribution in [2.75, 3.05) is 4.90 Å². The molecule has 1 aliphatic carbocycles. The van der Waals surface area contributed by atoms with Gasteiger partial charge in [-0.3, -0.25) is 0 Å². The van der Waals surface area contributed by atoms with Crippen LogP contribution in [0.2, 0.25) is 0 Å². The first-order valence-electron chi connectivity index (χ1n) is 21.7. The van der Waals surface area contributed by atoms with Gasteiger partial charge in [-0.15, -0.1) is 11.3 Å². The molecule has 8 aromatic carbocycles. The molecule has 9 aromatic rings. The number of rotatable bonds is 7. The van der Waals surface area contributed by atoms with E-state index in [4.69, 9.17) is 0 Å². The van der Waals surface area contributed by atoms with Crippen molar-refractivity contribution in [2.45, 2.75) is 56.8 Å². The molecule has 2 aliphatic rings. The fraction of sp³-hybridized carbons (Fsp3) is 0.158. The average molecular weight is 826 g/mol. The van der Waals surface area contributed by atoms with E-state index in [1.807, 2.05) is 60.7 Å². The molecular weight excluding hydrogens is 778 g/mol. The molecule has 0 saturated heterocycles. The second kappa shape index (κ2) is 14.9. The first-order valence-corrected chi connectivity index (χ1v) is 24.3. The summed E-state index contributed by atoms with van der Waals surface area (Å²) in [4.78, 5) is 2.46. The Morgan fingerprint density at radius 1 is 0.508 bits per heavy atom. The van der Waals surface area contributed by atoms with E-state index in [0.29, 0.717) is 0 Å². The molecule has 11 rings (SSSR count). The molecule has 0 spiro atoms. The van der Waals surface area contributed by atoms with Gasteiger partial charge < -0.3 is 9.46 Å². The van der Waals surface area contributed by atoms with Crippen molar-refractivity contribution in [1.29, 1.82) is 0 Å². The van der Waals surface area contributed by atoms with E-state index in [-0.39, 0.29) is 10.8 Å². The van der Waals surface area contributed by atoms with Gasteiger partial charge in [0.05, 0.1) is 11.4 Å². The Morgan fingerprint density at radius 2 is 1.03 bits per heavy atom. The topological polar surface area (TPSA) is 20.3 Å². The van der Waals surface area contributed by atoms with E-state index in [1.54, 1.807) is 11.3 Å². The second-order valence-corrected chi connectivity index (χ2v) is 21.3. The molecule has 0 radical (unpaired) electrons. The standard InChI is InChI=1S/C57H48NOPS/c1-56(2)49-23-11-13-25-51(49)58(52-26-14-12-24-50(52)56)44-34-32-43(33-35-44)57(36-16-5-17-37-57)42-30-28-40(29-31-42)41-38-48-47-22-10-15-27-54(47)61-55(48)53(39-41)60(59,45-18-6-3-7-19-45)46-20-8-4-9-21-46/h3-4,6-15,18-35,38-39H,5,16-17,36-37H2,1-2H3. The van der Waals surface area contributed by atoms with Gasteiger partial charge in [0.15, 0.2) is 7.14 Å². The minimum Gasteiger partial charge on any atom is -0.310 e. The monoisotopic (exact) mass is 825 g/mol. The van der Waals surface area contributed by atoms with E-state index in [1.165, 1.54) is 68.7 Å². The summed E-state index contributed by atoms with van der Waals surface area (Å²) in [5.74, 6) is 0. The van der Waals surface area contributed by atoms with Crippen molar-refractivity contribution in [3.8, 4) is 11.1 Å². The van der Waals surface area contributed by atoms with E-state index >= 15 is 4.57 Å². The highest BCUT2D eigenvalue weighted by Crippen LogP contribution is 2.53. The lowest BCUT2D eigenvalue weighted by Gasteiger charge is -2.42. The highest BCUT2D eigenvalue weighted by atomic mass is 32.1. The van der Waals surface area contributed by atoms with E-state index in [0.717, 1.165) is 50.0 Å². The third-order valence-electron chi connectivity index (χ3n) is 13.8. The van der Waals surface area contributed by atoms with Crippen LogP contribution >= 0.6 is 18.5 Å². The average Bonchev–Trinajstić information content (AvgIpc) is 3.71. The molecule has 4 heteroatoms. The molecule has 1 aromatic heterocycles. The van der Waals surface area contributed by atoms with Crippen molar-refractivity contribution in [3.05, 3.63) is 216 Å². The number of thiophene rings is 1. The summed E-state index contributed by atoms with van der Waals surface area (Å²) in [7, 11) is -3.26. The van der Waals surface area contributed by atoms with Crippen LogP contribution in [0.5, 0.6) is 0 Å². The quantitative estimate of drug-likeness (QED) is 0.149. The predicted octanol–water partition coefficient (Wildman–Crippen LogP) is 14.7. The second-order valence-electron chi connectivity index (χ2n) is 17.5. The summed E-state index contributed by atoms with van der Waals surface area (Å²) in [6.07, 6.45) is 5.96. The fourth-order valence-electron chi connectivity index (χ4n) is 10.7. The molecule has 0 unspecified atom stereocenters. The zero-order chi connectivity index (χ0) is 41.2. The van der Waals surface area contributed by atoms with Gasteiger partial charge in [0.2, 0.25) is 0 Å². The van der Waals surface area contributed by atoms with Gasteiger partial charge in [0.1, 0.15) is 0 Å². The van der Waals surface area contributed by atoms with Crippen LogP contribution in [0, 0.1) is 0 Å². The lowest BCUT2D eigenvalue weighted by Crippen LogP contribution is -2.31. The first kappa shape index (κ1) is 38.0. The van der Waals surface area contributed by atoms with Crippen LogP contribution in [0.4, 0.5) is 17.1 Å². The largest absolute Gasteiger partial charge is 0.310 e. The summed E-state index contributed by atoms with van der Waals surface area (Å²) in [6.45, 7) is 4.69. The lowest BCUT2D eigenvalue weighted by atomic mass is 9.65. The van der Waals surface area contributed by atoms with Crippen molar-refractivity contribution in [2.24, 2.45) is 0 Å². The van der Waals surface area contributed by atoms with Crippen LogP contribution in [0.25, 0.3) is 31.3 Å². The van der Waals surface area contributed by atoms with Gasteiger partial charge in [-0.25, -0.2) is 0 Å². The number of benzene rings is 8. The molecule has 0 amide bonds. The van der Waals surface area contributed by atoms with Crippen molar-refractivity contribution >= 4 is 71.6 Å². The third kappa shape index (κ3) is 6.08. The van der Waals surface area contributed by atoms with Gasteiger partial charge in [0, 0.05) is 52.6 Å². The molecule has 0 N–H and O–H groups in total.